The number of nitrogens with two attached hydrogens (primary N) is 1. The molecule has 1 unspecified atom stereocenters. The van der Waals surface area contributed by atoms with Crippen molar-refractivity contribution in [2.75, 3.05) is 18.6 Å². The maximum atomic E-state index is 14.1. The Kier molecular flexibility index (Phi) is 3.48. The van der Waals surface area contributed by atoms with Gasteiger partial charge >= 0.3 is 0 Å². The molecule has 4 nitrogen and oxygen atoms in total. The molecule has 5 heteroatoms. The van der Waals surface area contributed by atoms with Gasteiger partial charge in [-0.15, -0.1) is 0 Å². The first-order valence-corrected chi connectivity index (χ1v) is 6.69. The number of hydrogen-bond acceptors (Lipinski definition) is 4. The highest BCUT2D eigenvalue weighted by molar-refractivity contribution is 5.98. The molecule has 0 aliphatic carbocycles. The average Bonchev–Trinajstić information content (AvgIpc) is 2.89. The summed E-state index contributed by atoms with van der Waals surface area (Å²) < 4.78 is 19.5. The monoisotopic (exact) mass is 285 g/mol. The number of anilines is 1. The van der Waals surface area contributed by atoms with Crippen LogP contribution in [0.2, 0.25) is 0 Å². The second-order valence-corrected chi connectivity index (χ2v) is 4.78. The van der Waals surface area contributed by atoms with Crippen LogP contribution in [0.5, 0.6) is 5.75 Å². The van der Waals surface area contributed by atoms with Crippen LogP contribution in [0, 0.1) is 5.82 Å². The van der Waals surface area contributed by atoms with E-state index in [4.69, 9.17) is 10.5 Å². The molecule has 3 rings (SSSR count). The molecule has 21 heavy (non-hydrogen) atoms. The standard InChI is InChI=1S/C16H16FN3O/c1-21-15-9-5-4-8-13(15)20-14(10-19-16(20)18)11-6-2-3-7-12(11)17/h2-9,14H,10H2,1H3,(H2,18,19). The first-order chi connectivity index (χ1) is 10.2. The van der Waals surface area contributed by atoms with Crippen molar-refractivity contribution in [1.82, 2.24) is 0 Å². The van der Waals surface area contributed by atoms with E-state index in [1.165, 1.54) is 6.07 Å². The summed E-state index contributed by atoms with van der Waals surface area (Å²) in [5, 5.41) is 0. The number of hydrogen-bond donors (Lipinski definition) is 1. The van der Waals surface area contributed by atoms with Crippen molar-refractivity contribution in [2.45, 2.75) is 6.04 Å². The first-order valence-electron chi connectivity index (χ1n) is 6.69. The van der Waals surface area contributed by atoms with Crippen molar-refractivity contribution in [3.05, 3.63) is 59.9 Å². The number of aliphatic imine (C=N–C) groups is 1. The molecule has 1 aliphatic heterocycles. The van der Waals surface area contributed by atoms with Crippen LogP contribution in [0.1, 0.15) is 11.6 Å². The van der Waals surface area contributed by atoms with Crippen LogP contribution < -0.4 is 15.4 Å². The fourth-order valence-corrected chi connectivity index (χ4v) is 2.60. The number of nitrogens with zero attached hydrogens (tertiary/aromatic N) is 2. The molecule has 1 heterocycles. The minimum atomic E-state index is -0.262. The van der Waals surface area contributed by atoms with Crippen LogP contribution in [0.25, 0.3) is 0 Å². The Hall–Kier alpha value is -2.56. The van der Waals surface area contributed by atoms with E-state index in [1.807, 2.05) is 35.2 Å². The molecular formula is C16H16FN3O. The van der Waals surface area contributed by atoms with Crippen molar-refractivity contribution in [3.63, 3.8) is 0 Å². The Balaban J connectivity index is 2.06. The molecule has 2 aromatic rings. The third-order valence-electron chi connectivity index (χ3n) is 3.59. The lowest BCUT2D eigenvalue weighted by Gasteiger charge is -2.28. The van der Waals surface area contributed by atoms with Crippen LogP contribution in [-0.2, 0) is 0 Å². The lowest BCUT2D eigenvalue weighted by atomic mass is 10.0. The molecule has 0 fully saturated rings. The Morgan fingerprint density at radius 2 is 1.90 bits per heavy atom. The zero-order valence-electron chi connectivity index (χ0n) is 11.7. The SMILES string of the molecule is COc1ccccc1N1C(N)=NCC1c1ccccc1F. The van der Waals surface area contributed by atoms with Crippen molar-refractivity contribution >= 4 is 11.6 Å². The summed E-state index contributed by atoms with van der Waals surface area (Å²) in [6, 6.07) is 13.9. The van der Waals surface area contributed by atoms with E-state index in [1.54, 1.807) is 19.2 Å². The van der Waals surface area contributed by atoms with Gasteiger partial charge in [0.1, 0.15) is 11.6 Å². The minimum Gasteiger partial charge on any atom is -0.495 e. The van der Waals surface area contributed by atoms with E-state index >= 15 is 0 Å². The van der Waals surface area contributed by atoms with Crippen LogP contribution in [0.15, 0.2) is 53.5 Å². The van der Waals surface area contributed by atoms with Gasteiger partial charge in [-0.1, -0.05) is 30.3 Å². The third-order valence-corrected chi connectivity index (χ3v) is 3.59. The molecule has 0 saturated heterocycles. The van der Waals surface area contributed by atoms with E-state index in [-0.39, 0.29) is 11.9 Å². The number of methoxy groups -OCH3 is 1. The summed E-state index contributed by atoms with van der Waals surface area (Å²) in [6.45, 7) is 0.421. The summed E-state index contributed by atoms with van der Waals surface area (Å²) in [6.07, 6.45) is 0. The fourth-order valence-electron chi connectivity index (χ4n) is 2.60. The second kappa shape index (κ2) is 5.44. The first kappa shape index (κ1) is 13.4. The molecule has 0 radical (unpaired) electrons. The molecule has 2 N–H and O–H groups in total. The zero-order valence-corrected chi connectivity index (χ0v) is 11.7. The van der Waals surface area contributed by atoms with Gasteiger partial charge in [-0.25, -0.2) is 4.39 Å². The van der Waals surface area contributed by atoms with Crippen molar-refractivity contribution in [1.29, 1.82) is 0 Å². The van der Waals surface area contributed by atoms with E-state index in [9.17, 15) is 4.39 Å². The predicted molar refractivity (Wildman–Crippen MR) is 81.1 cm³/mol. The van der Waals surface area contributed by atoms with Gasteiger partial charge < -0.3 is 10.5 Å². The highest BCUT2D eigenvalue weighted by atomic mass is 19.1. The average molecular weight is 285 g/mol. The number of halogens is 1. The smallest absolute Gasteiger partial charge is 0.196 e. The highest BCUT2D eigenvalue weighted by Gasteiger charge is 2.32. The summed E-state index contributed by atoms with van der Waals surface area (Å²) in [5.41, 5.74) is 7.37. The molecule has 2 aromatic carbocycles. The molecule has 0 saturated carbocycles. The van der Waals surface area contributed by atoms with Crippen molar-refractivity contribution < 1.29 is 9.13 Å². The molecule has 1 atom stereocenters. The number of rotatable bonds is 3. The molecule has 1 aliphatic rings. The zero-order chi connectivity index (χ0) is 14.8. The van der Waals surface area contributed by atoms with Gasteiger partial charge in [0.05, 0.1) is 25.4 Å². The Morgan fingerprint density at radius 1 is 1.19 bits per heavy atom. The topological polar surface area (TPSA) is 50.9 Å². The highest BCUT2D eigenvalue weighted by Crippen LogP contribution is 2.37. The Labute approximate surface area is 122 Å². The molecular weight excluding hydrogens is 269 g/mol. The molecule has 0 bridgehead atoms. The molecule has 108 valence electrons. The number of benzene rings is 2. The van der Waals surface area contributed by atoms with Gasteiger partial charge in [0, 0.05) is 5.56 Å². The summed E-state index contributed by atoms with van der Waals surface area (Å²) >= 11 is 0. The fraction of sp³-hybridized carbons (Fsp3) is 0.188. The maximum Gasteiger partial charge on any atom is 0.196 e. The molecule has 0 spiro atoms. The quantitative estimate of drug-likeness (QED) is 0.943. The normalized spacial score (nSPS) is 17.7. The molecule has 0 amide bonds. The lowest BCUT2D eigenvalue weighted by molar-refractivity contribution is 0.414. The maximum absolute atomic E-state index is 14.1. The molecule has 0 aromatic heterocycles. The minimum absolute atomic E-state index is 0.257. The lowest BCUT2D eigenvalue weighted by Crippen LogP contribution is -2.36. The second-order valence-electron chi connectivity index (χ2n) is 4.78. The van der Waals surface area contributed by atoms with Crippen molar-refractivity contribution in [2.24, 2.45) is 10.7 Å². The van der Waals surface area contributed by atoms with Gasteiger partial charge in [-0.3, -0.25) is 9.89 Å². The van der Waals surface area contributed by atoms with E-state index < -0.39 is 0 Å². The summed E-state index contributed by atoms with van der Waals surface area (Å²) in [4.78, 5) is 6.08. The van der Waals surface area contributed by atoms with Crippen LogP contribution in [0.3, 0.4) is 0 Å². The van der Waals surface area contributed by atoms with E-state index in [0.29, 0.717) is 23.8 Å². The van der Waals surface area contributed by atoms with Gasteiger partial charge in [0.25, 0.3) is 0 Å². The number of para-hydroxylation sites is 2. The summed E-state index contributed by atoms with van der Waals surface area (Å²) in [7, 11) is 1.60. The van der Waals surface area contributed by atoms with Gasteiger partial charge in [0.15, 0.2) is 5.96 Å². The number of guanidine groups is 1. The van der Waals surface area contributed by atoms with Crippen LogP contribution in [-0.4, -0.2) is 19.6 Å². The third kappa shape index (κ3) is 2.31. The van der Waals surface area contributed by atoms with Gasteiger partial charge in [-0.05, 0) is 18.2 Å². The largest absolute Gasteiger partial charge is 0.495 e. The van der Waals surface area contributed by atoms with E-state index in [2.05, 4.69) is 4.99 Å². The number of ether oxygens (including phenoxy) is 1. The van der Waals surface area contributed by atoms with Crippen LogP contribution >= 0.6 is 0 Å². The van der Waals surface area contributed by atoms with E-state index in [0.717, 1.165) is 5.69 Å². The predicted octanol–water partition coefficient (Wildman–Crippen LogP) is 2.71. The van der Waals surface area contributed by atoms with Gasteiger partial charge in [0.2, 0.25) is 0 Å². The summed E-state index contributed by atoms with van der Waals surface area (Å²) in [5.74, 6) is 0.791. The Morgan fingerprint density at radius 3 is 2.67 bits per heavy atom. The Bertz CT molecular complexity index is 687. The van der Waals surface area contributed by atoms with Crippen LogP contribution in [0.4, 0.5) is 10.1 Å². The van der Waals surface area contributed by atoms with Crippen molar-refractivity contribution in [3.8, 4) is 5.75 Å². The van der Waals surface area contributed by atoms with Gasteiger partial charge in [-0.2, -0.15) is 0 Å².